The fourth-order valence-electron chi connectivity index (χ4n) is 3.16. The third-order valence-corrected chi connectivity index (χ3v) is 4.38. The number of nitrogens with zero attached hydrogens (tertiary/aromatic N) is 1. The molecular formula is C18H18NO4-. The molecule has 0 aromatic heterocycles. The van der Waals surface area contributed by atoms with Crippen molar-refractivity contribution in [3.05, 3.63) is 42.0 Å². The molecule has 0 aliphatic carbocycles. The van der Waals surface area contributed by atoms with Gasteiger partial charge in [-0.15, -0.1) is 0 Å². The molecule has 23 heavy (non-hydrogen) atoms. The summed E-state index contributed by atoms with van der Waals surface area (Å²) in [4.78, 5) is 25.6. The van der Waals surface area contributed by atoms with Crippen molar-refractivity contribution in [1.29, 1.82) is 0 Å². The Morgan fingerprint density at radius 3 is 2.61 bits per heavy atom. The monoisotopic (exact) mass is 312 g/mol. The lowest BCUT2D eigenvalue weighted by molar-refractivity contribution is -0.312. The van der Waals surface area contributed by atoms with E-state index in [-0.39, 0.29) is 12.5 Å². The summed E-state index contributed by atoms with van der Waals surface area (Å²) in [5.74, 6) is -1.10. The van der Waals surface area contributed by atoms with Gasteiger partial charge in [0.15, 0.2) is 0 Å². The first kappa shape index (κ1) is 15.3. The topological polar surface area (TPSA) is 69.7 Å². The molecule has 1 aliphatic heterocycles. The third kappa shape index (κ3) is 2.86. The first-order chi connectivity index (χ1) is 11.1. The summed E-state index contributed by atoms with van der Waals surface area (Å²) in [6, 6.07) is 11.1. The molecule has 0 saturated carbocycles. The molecular weight excluding hydrogens is 294 g/mol. The van der Waals surface area contributed by atoms with Crippen LogP contribution in [0, 0.1) is 5.92 Å². The largest absolute Gasteiger partial charge is 0.550 e. The van der Waals surface area contributed by atoms with Gasteiger partial charge in [-0.25, -0.2) is 0 Å². The molecule has 1 atom stereocenters. The molecule has 1 amide bonds. The third-order valence-electron chi connectivity index (χ3n) is 4.38. The minimum absolute atomic E-state index is 0.144. The standard InChI is InChI=1S/C18H19NO4/c1-23-16-9-8-15(13-6-2-3-7-14(13)16)17(20)19-10-4-5-12(11-19)18(21)22/h2-3,6-9,12H,4-5,10-11H2,1H3,(H,21,22)/p-1/t12-/m1/s1. The number of hydrogen-bond donors (Lipinski definition) is 0. The predicted molar refractivity (Wildman–Crippen MR) is 84.1 cm³/mol. The highest BCUT2D eigenvalue weighted by molar-refractivity contribution is 6.08. The van der Waals surface area contributed by atoms with E-state index in [2.05, 4.69) is 0 Å². The Labute approximate surface area is 134 Å². The van der Waals surface area contributed by atoms with Gasteiger partial charge in [0.05, 0.1) is 7.11 Å². The Kier molecular flexibility index (Phi) is 4.19. The van der Waals surface area contributed by atoms with Gasteiger partial charge >= 0.3 is 0 Å². The van der Waals surface area contributed by atoms with E-state index in [0.717, 1.165) is 10.8 Å². The van der Waals surface area contributed by atoms with Gasteiger partial charge in [-0.2, -0.15) is 0 Å². The maximum Gasteiger partial charge on any atom is 0.254 e. The van der Waals surface area contributed by atoms with Crippen molar-refractivity contribution in [3.8, 4) is 5.75 Å². The minimum atomic E-state index is -1.08. The SMILES string of the molecule is COc1ccc(C(=O)N2CCC[C@@H](C(=O)[O-])C2)c2ccccc12. The Bertz CT molecular complexity index is 756. The van der Waals surface area contributed by atoms with Crippen LogP contribution in [0.5, 0.6) is 5.75 Å². The molecule has 0 radical (unpaired) electrons. The summed E-state index contributed by atoms with van der Waals surface area (Å²) in [6.07, 6.45) is 1.24. The van der Waals surface area contributed by atoms with Crippen molar-refractivity contribution in [2.45, 2.75) is 12.8 Å². The van der Waals surface area contributed by atoms with E-state index < -0.39 is 11.9 Å². The molecule has 1 saturated heterocycles. The van der Waals surface area contributed by atoms with Crippen LogP contribution >= 0.6 is 0 Å². The van der Waals surface area contributed by atoms with Gasteiger partial charge in [-0.3, -0.25) is 4.79 Å². The molecule has 1 heterocycles. The fraction of sp³-hybridized carbons (Fsp3) is 0.333. The molecule has 0 bridgehead atoms. The van der Waals surface area contributed by atoms with Crippen LogP contribution < -0.4 is 9.84 Å². The number of benzene rings is 2. The van der Waals surface area contributed by atoms with E-state index in [1.807, 2.05) is 24.3 Å². The molecule has 2 aromatic rings. The van der Waals surface area contributed by atoms with E-state index in [0.29, 0.717) is 30.7 Å². The molecule has 1 fully saturated rings. The molecule has 0 N–H and O–H groups in total. The van der Waals surface area contributed by atoms with Crippen LogP contribution in [0.1, 0.15) is 23.2 Å². The van der Waals surface area contributed by atoms with Gasteiger partial charge in [0.25, 0.3) is 5.91 Å². The van der Waals surface area contributed by atoms with Crippen LogP contribution in [-0.2, 0) is 4.79 Å². The highest BCUT2D eigenvalue weighted by atomic mass is 16.5. The molecule has 5 nitrogen and oxygen atoms in total. The second-order valence-corrected chi connectivity index (χ2v) is 5.77. The number of methoxy groups -OCH3 is 1. The Morgan fingerprint density at radius 2 is 1.91 bits per heavy atom. The van der Waals surface area contributed by atoms with Crippen LogP contribution in [0.2, 0.25) is 0 Å². The number of carboxylic acid groups (broad SMARTS) is 1. The summed E-state index contributed by atoms with van der Waals surface area (Å²) >= 11 is 0. The maximum absolute atomic E-state index is 12.9. The van der Waals surface area contributed by atoms with Gasteiger partial charge in [0, 0.05) is 35.9 Å². The second-order valence-electron chi connectivity index (χ2n) is 5.77. The number of rotatable bonds is 3. The lowest BCUT2D eigenvalue weighted by Crippen LogP contribution is -2.46. The van der Waals surface area contributed by atoms with Crippen LogP contribution in [0.4, 0.5) is 0 Å². The fourth-order valence-corrected chi connectivity index (χ4v) is 3.16. The van der Waals surface area contributed by atoms with Crippen molar-refractivity contribution in [3.63, 3.8) is 0 Å². The summed E-state index contributed by atoms with van der Waals surface area (Å²) in [6.45, 7) is 0.782. The van der Waals surface area contributed by atoms with E-state index >= 15 is 0 Å². The van der Waals surface area contributed by atoms with Crippen molar-refractivity contribution < 1.29 is 19.4 Å². The maximum atomic E-state index is 12.9. The summed E-state index contributed by atoms with van der Waals surface area (Å²) in [7, 11) is 1.60. The first-order valence-corrected chi connectivity index (χ1v) is 7.67. The highest BCUT2D eigenvalue weighted by Gasteiger charge is 2.26. The predicted octanol–water partition coefficient (Wildman–Crippen LogP) is 1.45. The number of fused-ring (bicyclic) bond motifs is 1. The second kappa shape index (κ2) is 6.28. The number of aliphatic carboxylic acids is 1. The Balaban J connectivity index is 1.97. The minimum Gasteiger partial charge on any atom is -0.550 e. The average Bonchev–Trinajstić information content (AvgIpc) is 2.60. The van der Waals surface area contributed by atoms with Crippen LogP contribution in [0.15, 0.2) is 36.4 Å². The molecule has 120 valence electrons. The summed E-state index contributed by atoms with van der Waals surface area (Å²) < 4.78 is 5.35. The van der Waals surface area contributed by atoms with Gasteiger partial charge in [0.2, 0.25) is 0 Å². The first-order valence-electron chi connectivity index (χ1n) is 7.67. The van der Waals surface area contributed by atoms with E-state index in [9.17, 15) is 14.7 Å². The zero-order chi connectivity index (χ0) is 16.4. The average molecular weight is 312 g/mol. The van der Waals surface area contributed by atoms with Crippen LogP contribution in [0.25, 0.3) is 10.8 Å². The summed E-state index contributed by atoms with van der Waals surface area (Å²) in [5, 5.41) is 12.8. The van der Waals surface area contributed by atoms with Gasteiger partial charge < -0.3 is 19.5 Å². The number of carbonyl (C=O) groups is 2. The Morgan fingerprint density at radius 1 is 1.17 bits per heavy atom. The van der Waals surface area contributed by atoms with Crippen LogP contribution in [0.3, 0.4) is 0 Å². The molecule has 1 aliphatic rings. The van der Waals surface area contributed by atoms with E-state index in [1.54, 1.807) is 24.1 Å². The molecule has 0 spiro atoms. The zero-order valence-electron chi connectivity index (χ0n) is 13.0. The normalized spacial score (nSPS) is 18.0. The molecule has 3 rings (SSSR count). The highest BCUT2D eigenvalue weighted by Crippen LogP contribution is 2.30. The van der Waals surface area contributed by atoms with Crippen molar-refractivity contribution in [1.82, 2.24) is 4.90 Å². The lowest BCUT2D eigenvalue weighted by atomic mass is 9.96. The van der Waals surface area contributed by atoms with Crippen molar-refractivity contribution in [2.75, 3.05) is 20.2 Å². The van der Waals surface area contributed by atoms with E-state index in [1.165, 1.54) is 0 Å². The Hall–Kier alpha value is -2.56. The lowest BCUT2D eigenvalue weighted by Gasteiger charge is -2.33. The van der Waals surface area contributed by atoms with E-state index in [4.69, 9.17) is 4.74 Å². The summed E-state index contributed by atoms with van der Waals surface area (Å²) in [5.41, 5.74) is 0.570. The number of hydrogen-bond acceptors (Lipinski definition) is 4. The number of ether oxygens (including phenoxy) is 1. The van der Waals surface area contributed by atoms with Gasteiger partial charge in [0.1, 0.15) is 5.75 Å². The van der Waals surface area contributed by atoms with Crippen molar-refractivity contribution >= 4 is 22.6 Å². The van der Waals surface area contributed by atoms with Crippen molar-refractivity contribution in [2.24, 2.45) is 5.92 Å². The number of piperidine rings is 1. The number of carboxylic acids is 1. The smallest absolute Gasteiger partial charge is 0.254 e. The number of likely N-dealkylation sites (tertiary alicyclic amines) is 1. The molecule has 2 aromatic carbocycles. The number of carbonyl (C=O) groups excluding carboxylic acids is 2. The molecule has 5 heteroatoms. The molecule has 0 unspecified atom stereocenters. The quantitative estimate of drug-likeness (QED) is 0.860. The van der Waals surface area contributed by atoms with Gasteiger partial charge in [-0.05, 0) is 30.4 Å². The van der Waals surface area contributed by atoms with Crippen LogP contribution in [-0.4, -0.2) is 37.0 Å². The number of amides is 1. The zero-order valence-corrected chi connectivity index (χ0v) is 13.0. The van der Waals surface area contributed by atoms with Gasteiger partial charge in [-0.1, -0.05) is 24.3 Å².